The van der Waals surface area contributed by atoms with Crippen LogP contribution in [0.5, 0.6) is 0 Å². The van der Waals surface area contributed by atoms with E-state index in [2.05, 4.69) is 25.3 Å². The van der Waals surface area contributed by atoms with Gasteiger partial charge in [0, 0.05) is 11.0 Å². The van der Waals surface area contributed by atoms with Crippen molar-refractivity contribution in [3.63, 3.8) is 0 Å². The van der Waals surface area contributed by atoms with E-state index >= 15 is 0 Å². The number of hydrogen-bond acceptors (Lipinski definition) is 4. The van der Waals surface area contributed by atoms with E-state index in [9.17, 15) is 5.11 Å². The fourth-order valence-corrected chi connectivity index (χ4v) is 1.01. The van der Waals surface area contributed by atoms with E-state index in [0.29, 0.717) is 0 Å². The summed E-state index contributed by atoms with van der Waals surface area (Å²) in [5.41, 5.74) is -1.13. The first-order valence-electron chi connectivity index (χ1n) is 2.69. The van der Waals surface area contributed by atoms with Gasteiger partial charge >= 0.3 is 0 Å². The molecule has 0 spiro atoms. The van der Waals surface area contributed by atoms with Gasteiger partial charge in [-0.15, -0.1) is 0 Å². The minimum absolute atomic E-state index is 0.230. The zero-order valence-electron chi connectivity index (χ0n) is 5.28. The van der Waals surface area contributed by atoms with E-state index in [1.807, 2.05) is 0 Å². The molecule has 0 aromatic carbocycles. The molecule has 0 bridgehead atoms. The molecule has 9 heavy (non-hydrogen) atoms. The highest BCUT2D eigenvalue weighted by Crippen LogP contribution is 2.16. The van der Waals surface area contributed by atoms with Crippen LogP contribution in [0.1, 0.15) is 6.92 Å². The number of aliphatic hydroxyl groups is 2. The Balaban J connectivity index is 3.92. The van der Waals surface area contributed by atoms with E-state index < -0.39 is 5.60 Å². The van der Waals surface area contributed by atoms with Crippen LogP contribution in [0.15, 0.2) is 0 Å². The molecule has 56 valence electrons. The highest BCUT2D eigenvalue weighted by Gasteiger charge is 2.28. The van der Waals surface area contributed by atoms with Crippen molar-refractivity contribution in [3.05, 3.63) is 0 Å². The van der Waals surface area contributed by atoms with Gasteiger partial charge in [0.05, 0.1) is 6.61 Å². The number of aliphatic hydroxyl groups excluding tert-OH is 1. The van der Waals surface area contributed by atoms with E-state index in [0.717, 1.165) is 0 Å². The van der Waals surface area contributed by atoms with E-state index in [4.69, 9.17) is 5.11 Å². The summed E-state index contributed by atoms with van der Waals surface area (Å²) in [5, 5.41) is 17.7. The largest absolute Gasteiger partial charge is 0.393 e. The standard InChI is InChI=1S/C5H12O2S2/c1-4(9)5(7,2-6)3-8/h4,6-9H,2-3H2,1H3. The van der Waals surface area contributed by atoms with Gasteiger partial charge in [0.15, 0.2) is 0 Å². The van der Waals surface area contributed by atoms with Gasteiger partial charge in [-0.3, -0.25) is 0 Å². The van der Waals surface area contributed by atoms with Crippen molar-refractivity contribution in [2.45, 2.75) is 17.8 Å². The van der Waals surface area contributed by atoms with Gasteiger partial charge in [-0.1, -0.05) is 6.92 Å². The third kappa shape index (κ3) is 2.37. The molecule has 0 radical (unpaired) electrons. The van der Waals surface area contributed by atoms with Crippen molar-refractivity contribution in [3.8, 4) is 0 Å². The van der Waals surface area contributed by atoms with Crippen molar-refractivity contribution in [1.29, 1.82) is 0 Å². The molecule has 0 aromatic rings. The van der Waals surface area contributed by atoms with Gasteiger partial charge in [-0.25, -0.2) is 0 Å². The molecular weight excluding hydrogens is 156 g/mol. The minimum atomic E-state index is -1.13. The lowest BCUT2D eigenvalue weighted by Crippen LogP contribution is -2.43. The van der Waals surface area contributed by atoms with Gasteiger partial charge in [-0.2, -0.15) is 25.3 Å². The molecule has 2 atom stereocenters. The molecule has 0 rings (SSSR count). The Morgan fingerprint density at radius 3 is 2.11 bits per heavy atom. The van der Waals surface area contributed by atoms with E-state index in [1.165, 1.54) is 0 Å². The Bertz CT molecular complexity index is 81.0. The van der Waals surface area contributed by atoms with E-state index in [1.54, 1.807) is 6.92 Å². The normalized spacial score (nSPS) is 21.0. The molecule has 2 nitrogen and oxygen atoms in total. The third-order valence-electron chi connectivity index (χ3n) is 1.33. The molecule has 2 unspecified atom stereocenters. The Kier molecular flexibility index (Phi) is 3.96. The van der Waals surface area contributed by atoms with Gasteiger partial charge in [0.25, 0.3) is 0 Å². The summed E-state index contributed by atoms with van der Waals surface area (Å²) >= 11 is 7.84. The first-order chi connectivity index (χ1) is 4.06. The maximum Gasteiger partial charge on any atom is 0.108 e. The van der Waals surface area contributed by atoms with Crippen LogP contribution < -0.4 is 0 Å². The van der Waals surface area contributed by atoms with Crippen molar-refractivity contribution in [2.75, 3.05) is 12.4 Å². The SMILES string of the molecule is CC(S)C(O)(CO)CS. The Labute approximate surface area is 66.1 Å². The van der Waals surface area contributed by atoms with Gasteiger partial charge < -0.3 is 10.2 Å². The van der Waals surface area contributed by atoms with Crippen LogP contribution in [0.3, 0.4) is 0 Å². The zero-order valence-corrected chi connectivity index (χ0v) is 7.07. The second kappa shape index (κ2) is 3.71. The molecule has 0 saturated carbocycles. The smallest absolute Gasteiger partial charge is 0.108 e. The van der Waals surface area contributed by atoms with Crippen LogP contribution in [-0.2, 0) is 0 Å². The highest BCUT2D eigenvalue weighted by molar-refractivity contribution is 7.81. The summed E-state index contributed by atoms with van der Waals surface area (Å²) in [6.45, 7) is 1.43. The number of rotatable bonds is 3. The summed E-state index contributed by atoms with van der Waals surface area (Å²) in [4.78, 5) is 0. The predicted molar refractivity (Wildman–Crippen MR) is 44.3 cm³/mol. The molecule has 0 fully saturated rings. The zero-order chi connectivity index (χ0) is 7.49. The first-order valence-corrected chi connectivity index (χ1v) is 3.84. The van der Waals surface area contributed by atoms with Gasteiger partial charge in [0.2, 0.25) is 0 Å². The van der Waals surface area contributed by atoms with Gasteiger partial charge in [0.1, 0.15) is 5.60 Å². The maximum absolute atomic E-state index is 9.30. The Morgan fingerprint density at radius 2 is 2.11 bits per heavy atom. The first kappa shape index (κ1) is 9.62. The maximum atomic E-state index is 9.30. The summed E-state index contributed by atoms with van der Waals surface area (Å²) < 4.78 is 0. The lowest BCUT2D eigenvalue weighted by Gasteiger charge is -2.26. The Hall–Kier alpha value is 0.620. The minimum Gasteiger partial charge on any atom is -0.393 e. The van der Waals surface area contributed by atoms with Crippen molar-refractivity contribution >= 4 is 25.3 Å². The van der Waals surface area contributed by atoms with Crippen molar-refractivity contribution in [2.24, 2.45) is 0 Å². The van der Waals surface area contributed by atoms with E-state index in [-0.39, 0.29) is 17.6 Å². The second-order valence-corrected chi connectivity index (χ2v) is 3.19. The van der Waals surface area contributed by atoms with Crippen LogP contribution in [0, 0.1) is 0 Å². The topological polar surface area (TPSA) is 40.5 Å². The van der Waals surface area contributed by atoms with Crippen LogP contribution in [0.4, 0.5) is 0 Å². The van der Waals surface area contributed by atoms with Crippen molar-refractivity contribution < 1.29 is 10.2 Å². The van der Waals surface area contributed by atoms with Crippen LogP contribution >= 0.6 is 25.3 Å². The number of thiol groups is 2. The summed E-state index contributed by atoms with van der Waals surface area (Å²) in [6.07, 6.45) is 0. The predicted octanol–water partition coefficient (Wildman–Crippen LogP) is -0.0421. The summed E-state index contributed by atoms with van der Waals surface area (Å²) in [5.74, 6) is 0.230. The van der Waals surface area contributed by atoms with Crippen LogP contribution in [0.2, 0.25) is 0 Å². The fourth-order valence-electron chi connectivity index (χ4n) is 0.314. The second-order valence-electron chi connectivity index (χ2n) is 2.10. The lowest BCUT2D eigenvalue weighted by atomic mass is 10.1. The molecule has 0 aromatic heterocycles. The lowest BCUT2D eigenvalue weighted by molar-refractivity contribution is 0.00873. The molecule has 2 N–H and O–H groups in total. The third-order valence-corrected chi connectivity index (χ3v) is 2.35. The molecule has 0 heterocycles. The van der Waals surface area contributed by atoms with Crippen LogP contribution in [0.25, 0.3) is 0 Å². The molecule has 4 heteroatoms. The highest BCUT2D eigenvalue weighted by atomic mass is 32.1. The van der Waals surface area contributed by atoms with Gasteiger partial charge in [-0.05, 0) is 0 Å². The molecular formula is C5H12O2S2. The summed E-state index contributed by atoms with van der Waals surface area (Å²) in [7, 11) is 0. The molecule has 0 amide bonds. The average Bonchev–Trinajstić information content (AvgIpc) is 1.86. The summed E-state index contributed by atoms with van der Waals surface area (Å²) in [6, 6.07) is 0. The molecule has 0 aliphatic rings. The number of hydrogen-bond donors (Lipinski definition) is 4. The quantitative estimate of drug-likeness (QED) is 0.447. The Morgan fingerprint density at radius 1 is 1.67 bits per heavy atom. The van der Waals surface area contributed by atoms with Crippen molar-refractivity contribution in [1.82, 2.24) is 0 Å². The average molecular weight is 168 g/mol. The molecule has 0 aliphatic heterocycles. The van der Waals surface area contributed by atoms with Crippen LogP contribution in [-0.4, -0.2) is 33.4 Å². The molecule has 0 saturated heterocycles. The fraction of sp³-hybridized carbons (Fsp3) is 1.00. The molecule has 0 aliphatic carbocycles. The monoisotopic (exact) mass is 168 g/mol.